The molecule has 112 valence electrons. The molecule has 0 saturated heterocycles. The van der Waals surface area contributed by atoms with E-state index in [2.05, 4.69) is 38.1 Å². The van der Waals surface area contributed by atoms with Crippen LogP contribution < -0.4 is 5.73 Å². The van der Waals surface area contributed by atoms with Crippen LogP contribution in [0.4, 0.5) is 0 Å². The van der Waals surface area contributed by atoms with Crippen LogP contribution in [-0.2, 0) is 11.2 Å². The third kappa shape index (κ3) is 3.24. The molecule has 0 aliphatic heterocycles. The van der Waals surface area contributed by atoms with Gasteiger partial charge in [-0.2, -0.15) is 0 Å². The molecule has 1 aromatic carbocycles. The molecule has 0 amide bonds. The van der Waals surface area contributed by atoms with Crippen molar-refractivity contribution < 1.29 is 4.74 Å². The van der Waals surface area contributed by atoms with Crippen molar-refractivity contribution in [2.45, 2.75) is 64.0 Å². The highest BCUT2D eigenvalue weighted by atomic mass is 16.5. The van der Waals surface area contributed by atoms with E-state index in [-0.39, 0.29) is 11.6 Å². The van der Waals surface area contributed by atoms with Crippen molar-refractivity contribution in [2.75, 3.05) is 7.11 Å². The Labute approximate surface area is 123 Å². The molecule has 20 heavy (non-hydrogen) atoms. The van der Waals surface area contributed by atoms with E-state index in [0.717, 1.165) is 25.2 Å². The summed E-state index contributed by atoms with van der Waals surface area (Å²) < 4.78 is 5.90. The fourth-order valence-electron chi connectivity index (χ4n) is 3.38. The van der Waals surface area contributed by atoms with Gasteiger partial charge in [-0.3, -0.25) is 0 Å². The van der Waals surface area contributed by atoms with Crippen LogP contribution >= 0.6 is 0 Å². The summed E-state index contributed by atoms with van der Waals surface area (Å²) in [5.74, 6) is 0.803. The van der Waals surface area contributed by atoms with Gasteiger partial charge in [0.1, 0.15) is 0 Å². The van der Waals surface area contributed by atoms with Crippen molar-refractivity contribution in [1.29, 1.82) is 0 Å². The normalized spacial score (nSPS) is 28.3. The number of hydrogen-bond acceptors (Lipinski definition) is 2. The largest absolute Gasteiger partial charge is 0.376 e. The van der Waals surface area contributed by atoms with E-state index < -0.39 is 0 Å². The molecular weight excluding hydrogens is 246 g/mol. The summed E-state index contributed by atoms with van der Waals surface area (Å²) >= 11 is 0. The lowest BCUT2D eigenvalue weighted by atomic mass is 9.73. The van der Waals surface area contributed by atoms with E-state index in [9.17, 15) is 0 Å². The minimum absolute atomic E-state index is 0.0179. The molecule has 2 heteroatoms. The first-order valence-corrected chi connectivity index (χ1v) is 8.01. The molecule has 1 saturated carbocycles. The van der Waals surface area contributed by atoms with Crippen LogP contribution in [-0.4, -0.2) is 12.7 Å². The lowest BCUT2D eigenvalue weighted by Gasteiger charge is -2.42. The first-order valence-electron chi connectivity index (χ1n) is 8.01. The average molecular weight is 275 g/mol. The molecule has 2 N–H and O–H groups in total. The van der Waals surface area contributed by atoms with Gasteiger partial charge in [0, 0.05) is 7.11 Å². The molecule has 1 unspecified atom stereocenters. The van der Waals surface area contributed by atoms with Crippen LogP contribution in [0.15, 0.2) is 24.3 Å². The van der Waals surface area contributed by atoms with E-state index in [0.29, 0.717) is 0 Å². The van der Waals surface area contributed by atoms with Crippen LogP contribution in [0.3, 0.4) is 0 Å². The third-order valence-corrected chi connectivity index (χ3v) is 4.97. The van der Waals surface area contributed by atoms with Crippen molar-refractivity contribution >= 4 is 0 Å². The Kier molecular flexibility index (Phi) is 5.22. The molecule has 1 fully saturated rings. The van der Waals surface area contributed by atoms with E-state index in [1.165, 1.54) is 30.4 Å². The van der Waals surface area contributed by atoms with Gasteiger partial charge in [0.2, 0.25) is 0 Å². The molecule has 0 bridgehead atoms. The molecule has 1 atom stereocenters. The van der Waals surface area contributed by atoms with Gasteiger partial charge in [-0.15, -0.1) is 0 Å². The van der Waals surface area contributed by atoms with Crippen LogP contribution in [0.2, 0.25) is 0 Å². The molecule has 1 aliphatic carbocycles. The molecule has 0 heterocycles. The van der Waals surface area contributed by atoms with E-state index in [1.54, 1.807) is 0 Å². The number of rotatable bonds is 5. The zero-order valence-corrected chi connectivity index (χ0v) is 13.2. The third-order valence-electron chi connectivity index (χ3n) is 4.97. The summed E-state index contributed by atoms with van der Waals surface area (Å²) in [5, 5.41) is 0. The molecule has 1 aromatic rings. The molecule has 0 aromatic heterocycles. The first kappa shape index (κ1) is 15.5. The quantitative estimate of drug-likeness (QED) is 0.872. The summed E-state index contributed by atoms with van der Waals surface area (Å²) in [6, 6.07) is 8.79. The monoisotopic (exact) mass is 275 g/mol. The number of ether oxygens (including phenoxy) is 1. The second-order valence-corrected chi connectivity index (χ2v) is 6.42. The maximum atomic E-state index is 6.56. The fraction of sp³-hybridized carbons (Fsp3) is 0.667. The summed E-state index contributed by atoms with van der Waals surface area (Å²) in [6.45, 7) is 4.54. The molecule has 0 radical (unpaired) electrons. The molecule has 0 spiro atoms. The van der Waals surface area contributed by atoms with Gasteiger partial charge >= 0.3 is 0 Å². The van der Waals surface area contributed by atoms with Crippen molar-refractivity contribution in [3.05, 3.63) is 35.4 Å². The van der Waals surface area contributed by atoms with Crippen LogP contribution in [0.5, 0.6) is 0 Å². The van der Waals surface area contributed by atoms with Crippen LogP contribution in [0.1, 0.15) is 63.1 Å². The zero-order chi connectivity index (χ0) is 14.6. The van der Waals surface area contributed by atoms with Crippen molar-refractivity contribution in [3.8, 4) is 0 Å². The highest BCUT2D eigenvalue weighted by Gasteiger charge is 2.40. The van der Waals surface area contributed by atoms with Crippen molar-refractivity contribution in [1.82, 2.24) is 0 Å². The summed E-state index contributed by atoms with van der Waals surface area (Å²) in [7, 11) is 1.82. The number of methoxy groups -OCH3 is 1. The SMILES string of the molecule is CCCc1ccc(C(N)C2(OC)CCC(C)CC2)cc1. The second-order valence-electron chi connectivity index (χ2n) is 6.42. The number of benzene rings is 1. The highest BCUT2D eigenvalue weighted by molar-refractivity contribution is 5.27. The summed E-state index contributed by atoms with van der Waals surface area (Å²) in [6.07, 6.45) is 6.91. The Morgan fingerprint density at radius 2 is 1.85 bits per heavy atom. The maximum Gasteiger partial charge on any atom is 0.0870 e. The topological polar surface area (TPSA) is 35.2 Å². The lowest BCUT2D eigenvalue weighted by Crippen LogP contribution is -2.45. The first-order chi connectivity index (χ1) is 9.61. The smallest absolute Gasteiger partial charge is 0.0870 e. The Balaban J connectivity index is 2.13. The van der Waals surface area contributed by atoms with Gasteiger partial charge in [-0.25, -0.2) is 0 Å². The molecule has 1 aliphatic rings. The van der Waals surface area contributed by atoms with Crippen LogP contribution in [0.25, 0.3) is 0 Å². The van der Waals surface area contributed by atoms with Gasteiger partial charge in [0.15, 0.2) is 0 Å². The highest BCUT2D eigenvalue weighted by Crippen LogP contribution is 2.41. The standard InChI is InChI=1S/C18H29NO/c1-4-5-15-6-8-16(9-7-15)17(19)18(20-3)12-10-14(2)11-13-18/h6-9,14,17H,4-5,10-13,19H2,1-3H3. The number of aryl methyl sites for hydroxylation is 1. The van der Waals surface area contributed by atoms with Crippen molar-refractivity contribution in [2.24, 2.45) is 11.7 Å². The van der Waals surface area contributed by atoms with Gasteiger partial charge in [0.25, 0.3) is 0 Å². The maximum absolute atomic E-state index is 6.56. The number of hydrogen-bond donors (Lipinski definition) is 1. The molecule has 2 nitrogen and oxygen atoms in total. The lowest BCUT2D eigenvalue weighted by molar-refractivity contribution is -0.0672. The predicted molar refractivity (Wildman–Crippen MR) is 84.7 cm³/mol. The Bertz CT molecular complexity index is 404. The van der Waals surface area contributed by atoms with Gasteiger partial charge in [0.05, 0.1) is 11.6 Å². The van der Waals surface area contributed by atoms with Crippen LogP contribution in [0, 0.1) is 5.92 Å². The minimum atomic E-state index is -0.168. The second kappa shape index (κ2) is 6.73. The Morgan fingerprint density at radius 3 is 2.35 bits per heavy atom. The summed E-state index contributed by atoms with van der Waals surface area (Å²) in [5.41, 5.74) is 9.00. The Morgan fingerprint density at radius 1 is 1.25 bits per heavy atom. The minimum Gasteiger partial charge on any atom is -0.376 e. The Hall–Kier alpha value is -0.860. The van der Waals surface area contributed by atoms with Gasteiger partial charge < -0.3 is 10.5 Å². The van der Waals surface area contributed by atoms with E-state index in [4.69, 9.17) is 10.5 Å². The van der Waals surface area contributed by atoms with Gasteiger partial charge in [-0.1, -0.05) is 44.5 Å². The molecular formula is C18H29NO. The zero-order valence-electron chi connectivity index (χ0n) is 13.2. The number of nitrogens with two attached hydrogens (primary N) is 1. The predicted octanol–water partition coefficient (Wildman–Crippen LogP) is 4.23. The molecule has 2 rings (SSSR count). The summed E-state index contributed by atoms with van der Waals surface area (Å²) in [4.78, 5) is 0. The van der Waals surface area contributed by atoms with E-state index >= 15 is 0 Å². The average Bonchev–Trinajstić information content (AvgIpc) is 2.49. The van der Waals surface area contributed by atoms with Crippen molar-refractivity contribution in [3.63, 3.8) is 0 Å². The fourth-order valence-corrected chi connectivity index (χ4v) is 3.38. The van der Waals surface area contributed by atoms with E-state index in [1.807, 2.05) is 7.11 Å². The van der Waals surface area contributed by atoms with Gasteiger partial charge in [-0.05, 0) is 49.1 Å².